The average molecular weight is 401 g/mol. The van der Waals surface area contributed by atoms with Crippen molar-refractivity contribution < 1.29 is 9.53 Å². The van der Waals surface area contributed by atoms with Crippen LogP contribution >= 0.6 is 15.9 Å². The Morgan fingerprint density at radius 3 is 2.88 bits per heavy atom. The lowest BCUT2D eigenvalue weighted by atomic mass is 9.98. The number of ether oxygens (including phenoxy) is 1. The number of nitrogens with one attached hydrogen (secondary N) is 1. The van der Waals surface area contributed by atoms with Gasteiger partial charge in [-0.3, -0.25) is 4.79 Å². The van der Waals surface area contributed by atoms with Gasteiger partial charge in [0.05, 0.1) is 11.9 Å². The molecule has 0 bridgehead atoms. The number of carbonyl (C=O) groups excluding carboxylic acids is 1. The first kappa shape index (κ1) is 18.8. The largest absolute Gasteiger partial charge is 0.444 e. The summed E-state index contributed by atoms with van der Waals surface area (Å²) >= 11 is 3.30. The molecule has 1 saturated heterocycles. The molecular formula is C16H25BrN4O3. The fraction of sp³-hybridized carbons (Fsp3) is 0.688. The minimum atomic E-state index is -0.483. The molecule has 8 heteroatoms. The third kappa shape index (κ3) is 4.96. The van der Waals surface area contributed by atoms with Gasteiger partial charge >= 0.3 is 6.09 Å². The lowest BCUT2D eigenvalue weighted by Crippen LogP contribution is -2.44. The molecule has 134 valence electrons. The Balaban J connectivity index is 1.93. The topological polar surface area (TPSA) is 76.5 Å². The minimum absolute atomic E-state index is 0.181. The van der Waals surface area contributed by atoms with Crippen molar-refractivity contribution in [2.45, 2.75) is 39.2 Å². The highest BCUT2D eigenvalue weighted by molar-refractivity contribution is 9.10. The molecule has 24 heavy (non-hydrogen) atoms. The van der Waals surface area contributed by atoms with E-state index in [0.717, 1.165) is 19.4 Å². The van der Waals surface area contributed by atoms with E-state index < -0.39 is 5.60 Å². The van der Waals surface area contributed by atoms with Crippen LogP contribution in [0.4, 0.5) is 10.5 Å². The summed E-state index contributed by atoms with van der Waals surface area (Å²) in [6.07, 6.45) is 3.34. The molecule has 2 heterocycles. The van der Waals surface area contributed by atoms with E-state index in [1.54, 1.807) is 18.1 Å². The van der Waals surface area contributed by atoms with Gasteiger partial charge in [0.1, 0.15) is 10.1 Å². The SMILES string of the molecule is Cn1ncc(NCC2CCCN(C(=O)OC(C)(C)C)C2)c(Br)c1=O. The van der Waals surface area contributed by atoms with E-state index in [-0.39, 0.29) is 11.7 Å². The fourth-order valence-corrected chi connectivity index (χ4v) is 3.11. The zero-order valence-electron chi connectivity index (χ0n) is 14.6. The molecule has 1 amide bonds. The van der Waals surface area contributed by atoms with Crippen molar-refractivity contribution in [3.05, 3.63) is 21.0 Å². The van der Waals surface area contributed by atoms with Gasteiger partial charge in [-0.25, -0.2) is 9.48 Å². The molecule has 0 aliphatic carbocycles. The normalized spacial score (nSPS) is 18.4. The van der Waals surface area contributed by atoms with Crippen LogP contribution in [0.15, 0.2) is 15.5 Å². The van der Waals surface area contributed by atoms with Gasteiger partial charge in [0.2, 0.25) is 0 Å². The molecule has 7 nitrogen and oxygen atoms in total. The van der Waals surface area contributed by atoms with E-state index in [1.807, 2.05) is 20.8 Å². The van der Waals surface area contributed by atoms with E-state index in [1.165, 1.54) is 4.68 Å². The van der Waals surface area contributed by atoms with Crippen LogP contribution in [0, 0.1) is 5.92 Å². The Kier molecular flexibility index (Phi) is 5.90. The van der Waals surface area contributed by atoms with Crippen LogP contribution in [-0.4, -0.2) is 46.0 Å². The number of nitrogens with zero attached hydrogens (tertiary/aromatic N) is 3. The number of rotatable bonds is 3. The van der Waals surface area contributed by atoms with Gasteiger partial charge in [-0.15, -0.1) is 0 Å². The molecule has 1 aliphatic rings. The van der Waals surface area contributed by atoms with Crippen LogP contribution < -0.4 is 10.9 Å². The van der Waals surface area contributed by atoms with Crippen molar-refractivity contribution in [2.75, 3.05) is 25.0 Å². The van der Waals surface area contributed by atoms with Gasteiger partial charge in [-0.1, -0.05) is 0 Å². The molecular weight excluding hydrogens is 376 g/mol. The molecule has 0 radical (unpaired) electrons. The lowest BCUT2D eigenvalue weighted by Gasteiger charge is -2.34. The zero-order chi connectivity index (χ0) is 17.9. The number of hydrogen-bond acceptors (Lipinski definition) is 5. The molecule has 2 rings (SSSR count). The smallest absolute Gasteiger partial charge is 0.410 e. The molecule has 1 atom stereocenters. The maximum Gasteiger partial charge on any atom is 0.410 e. The number of piperidine rings is 1. The summed E-state index contributed by atoms with van der Waals surface area (Å²) in [4.78, 5) is 25.8. The predicted octanol–water partition coefficient (Wildman–Crippen LogP) is 2.60. The first-order chi connectivity index (χ1) is 11.2. The summed E-state index contributed by atoms with van der Waals surface area (Å²) in [6, 6.07) is 0. The van der Waals surface area contributed by atoms with Crippen molar-refractivity contribution >= 4 is 27.7 Å². The van der Waals surface area contributed by atoms with Gasteiger partial charge < -0.3 is 15.0 Å². The molecule has 1 aromatic rings. The van der Waals surface area contributed by atoms with Crippen molar-refractivity contribution in [3.8, 4) is 0 Å². The van der Waals surface area contributed by atoms with Crippen LogP contribution in [0.1, 0.15) is 33.6 Å². The second-order valence-corrected chi connectivity index (χ2v) is 7.91. The Labute approximate surface area is 150 Å². The van der Waals surface area contributed by atoms with Crippen molar-refractivity contribution in [1.82, 2.24) is 14.7 Å². The number of halogens is 1. The van der Waals surface area contributed by atoms with Gasteiger partial charge in [-0.05, 0) is 55.5 Å². The number of carbonyl (C=O) groups is 1. The molecule has 0 spiro atoms. The third-order valence-corrected chi connectivity index (χ3v) is 4.60. The first-order valence-electron chi connectivity index (χ1n) is 8.11. The highest BCUT2D eigenvalue weighted by Gasteiger charge is 2.27. The molecule has 0 saturated carbocycles. The van der Waals surface area contributed by atoms with Gasteiger partial charge in [0.25, 0.3) is 5.56 Å². The quantitative estimate of drug-likeness (QED) is 0.843. The fourth-order valence-electron chi connectivity index (χ4n) is 2.61. The van der Waals surface area contributed by atoms with Crippen LogP contribution in [-0.2, 0) is 11.8 Å². The lowest BCUT2D eigenvalue weighted by molar-refractivity contribution is 0.0172. The number of amides is 1. The number of likely N-dealkylation sites (tertiary alicyclic amines) is 1. The Hall–Kier alpha value is -1.57. The van der Waals surface area contributed by atoms with E-state index in [0.29, 0.717) is 29.2 Å². The number of anilines is 1. The summed E-state index contributed by atoms with van der Waals surface area (Å²) < 4.78 is 7.19. The Bertz CT molecular complexity index is 654. The van der Waals surface area contributed by atoms with Gasteiger partial charge in [-0.2, -0.15) is 5.10 Å². The third-order valence-electron chi connectivity index (χ3n) is 3.83. The molecule has 1 aromatic heterocycles. The van der Waals surface area contributed by atoms with E-state index in [9.17, 15) is 9.59 Å². The molecule has 1 aliphatic heterocycles. The maximum atomic E-state index is 12.2. The second-order valence-electron chi connectivity index (χ2n) is 7.12. The van der Waals surface area contributed by atoms with Crippen LogP contribution in [0.3, 0.4) is 0 Å². The molecule has 1 N–H and O–H groups in total. The van der Waals surface area contributed by atoms with Crippen LogP contribution in [0.5, 0.6) is 0 Å². The van der Waals surface area contributed by atoms with Crippen molar-refractivity contribution in [3.63, 3.8) is 0 Å². The molecule has 0 aromatic carbocycles. The van der Waals surface area contributed by atoms with E-state index in [4.69, 9.17) is 4.74 Å². The number of hydrogen-bond donors (Lipinski definition) is 1. The second kappa shape index (κ2) is 7.55. The van der Waals surface area contributed by atoms with E-state index >= 15 is 0 Å². The maximum absolute atomic E-state index is 12.2. The summed E-state index contributed by atoms with van der Waals surface area (Å²) in [5.41, 5.74) is 0.00891. The van der Waals surface area contributed by atoms with Crippen LogP contribution in [0.25, 0.3) is 0 Å². The summed E-state index contributed by atoms with van der Waals surface area (Å²) in [6.45, 7) is 7.66. The zero-order valence-corrected chi connectivity index (χ0v) is 16.2. The molecule has 1 unspecified atom stereocenters. The summed E-state index contributed by atoms with van der Waals surface area (Å²) in [7, 11) is 1.61. The Morgan fingerprint density at radius 2 is 2.21 bits per heavy atom. The van der Waals surface area contributed by atoms with Gasteiger partial charge in [0, 0.05) is 26.7 Å². The van der Waals surface area contributed by atoms with Crippen molar-refractivity contribution in [1.29, 1.82) is 0 Å². The van der Waals surface area contributed by atoms with Crippen molar-refractivity contribution in [2.24, 2.45) is 13.0 Å². The predicted molar refractivity (Wildman–Crippen MR) is 96.2 cm³/mol. The first-order valence-corrected chi connectivity index (χ1v) is 8.90. The average Bonchev–Trinajstić information content (AvgIpc) is 2.51. The standard InChI is InChI=1S/C16H25BrN4O3/c1-16(2,3)24-15(23)21-7-5-6-11(10-21)8-18-12-9-19-20(4)14(22)13(12)17/h9,11,18H,5-8,10H2,1-4H3. The van der Waals surface area contributed by atoms with E-state index in [2.05, 4.69) is 26.3 Å². The van der Waals surface area contributed by atoms with Gasteiger partial charge in [0.15, 0.2) is 0 Å². The highest BCUT2D eigenvalue weighted by atomic mass is 79.9. The highest BCUT2D eigenvalue weighted by Crippen LogP contribution is 2.21. The number of aromatic nitrogens is 2. The summed E-state index contributed by atoms with van der Waals surface area (Å²) in [5.74, 6) is 0.308. The summed E-state index contributed by atoms with van der Waals surface area (Å²) in [5, 5.41) is 7.27. The van der Waals surface area contributed by atoms with Crippen LogP contribution in [0.2, 0.25) is 0 Å². The molecule has 1 fully saturated rings. The monoisotopic (exact) mass is 400 g/mol. The number of aryl methyl sites for hydroxylation is 1. The minimum Gasteiger partial charge on any atom is -0.444 e. The Morgan fingerprint density at radius 1 is 1.50 bits per heavy atom.